The molecular weight excluding hydrogens is 350 g/mol. The zero-order chi connectivity index (χ0) is 20.3. The molecule has 3 rings (SSSR count). The molecule has 2 amide bonds. The van der Waals surface area contributed by atoms with Crippen LogP contribution in [0.5, 0.6) is 0 Å². The molecule has 0 spiro atoms. The third-order valence-electron chi connectivity index (χ3n) is 5.06. The van der Waals surface area contributed by atoms with E-state index in [1.54, 1.807) is 0 Å². The quantitative estimate of drug-likeness (QED) is 0.745. The van der Waals surface area contributed by atoms with Crippen molar-refractivity contribution < 1.29 is 4.79 Å². The number of nitrogens with zero attached hydrogens (tertiary/aromatic N) is 4. The lowest BCUT2D eigenvalue weighted by molar-refractivity contribution is 0.192. The van der Waals surface area contributed by atoms with Crippen LogP contribution in [-0.4, -0.2) is 47.4 Å². The van der Waals surface area contributed by atoms with Gasteiger partial charge in [0, 0.05) is 32.2 Å². The van der Waals surface area contributed by atoms with E-state index in [2.05, 4.69) is 43.1 Å². The number of carbonyl (C=O) groups is 1. The van der Waals surface area contributed by atoms with Gasteiger partial charge in [-0.1, -0.05) is 39.0 Å². The van der Waals surface area contributed by atoms with Crippen molar-refractivity contribution in [3.05, 3.63) is 41.6 Å². The Morgan fingerprint density at radius 3 is 2.46 bits per heavy atom. The van der Waals surface area contributed by atoms with Crippen LogP contribution >= 0.6 is 0 Å². The summed E-state index contributed by atoms with van der Waals surface area (Å²) in [6, 6.07) is 10.6. The average Bonchev–Trinajstić information content (AvgIpc) is 3.44. The second-order valence-corrected chi connectivity index (χ2v) is 8.07. The molecule has 1 aliphatic rings. The molecule has 28 heavy (non-hydrogen) atoms. The van der Waals surface area contributed by atoms with E-state index in [0.29, 0.717) is 19.1 Å². The Bertz CT molecular complexity index is 793. The number of nitrogens with one attached hydrogen (secondary N) is 1. The predicted octanol–water partition coefficient (Wildman–Crippen LogP) is 4.15. The smallest absolute Gasteiger partial charge is 0.317 e. The van der Waals surface area contributed by atoms with E-state index in [1.807, 2.05) is 41.9 Å². The first-order valence-corrected chi connectivity index (χ1v) is 10.3. The van der Waals surface area contributed by atoms with Gasteiger partial charge in [0.2, 0.25) is 0 Å². The van der Waals surface area contributed by atoms with Crippen molar-refractivity contribution in [2.24, 2.45) is 0 Å². The second-order valence-electron chi connectivity index (χ2n) is 8.07. The minimum Gasteiger partial charge on any atom is -0.362 e. The van der Waals surface area contributed by atoms with Crippen molar-refractivity contribution in [1.82, 2.24) is 20.0 Å². The minimum atomic E-state index is 0.0382. The number of urea groups is 1. The number of hydrogen-bond acceptors (Lipinski definition) is 3. The molecule has 6 nitrogen and oxygen atoms in total. The average molecular weight is 384 g/mol. The highest BCUT2D eigenvalue weighted by Crippen LogP contribution is 2.35. The molecule has 1 aromatic heterocycles. The van der Waals surface area contributed by atoms with Crippen LogP contribution in [0.15, 0.2) is 30.3 Å². The van der Waals surface area contributed by atoms with Crippen molar-refractivity contribution in [2.75, 3.05) is 25.5 Å². The summed E-state index contributed by atoms with van der Waals surface area (Å²) in [5, 5.41) is 8.03. The molecule has 6 heteroatoms. The van der Waals surface area contributed by atoms with Gasteiger partial charge in [0.1, 0.15) is 5.82 Å². The Labute approximate surface area is 168 Å². The lowest BCUT2D eigenvalue weighted by Crippen LogP contribution is -2.41. The van der Waals surface area contributed by atoms with E-state index < -0.39 is 0 Å². The number of benzene rings is 1. The fraction of sp³-hybridized carbons (Fsp3) is 0.545. The van der Waals surface area contributed by atoms with Crippen LogP contribution in [0.2, 0.25) is 0 Å². The molecule has 1 saturated carbocycles. The molecule has 0 atom stereocenters. The predicted molar refractivity (Wildman–Crippen MR) is 114 cm³/mol. The highest BCUT2D eigenvalue weighted by molar-refractivity contribution is 5.75. The Morgan fingerprint density at radius 2 is 1.93 bits per heavy atom. The number of para-hydroxylation sites is 1. The summed E-state index contributed by atoms with van der Waals surface area (Å²) in [6.07, 6.45) is 3.11. The fourth-order valence-corrected chi connectivity index (χ4v) is 3.54. The Morgan fingerprint density at radius 1 is 1.25 bits per heavy atom. The van der Waals surface area contributed by atoms with Crippen molar-refractivity contribution >= 4 is 11.8 Å². The van der Waals surface area contributed by atoms with Gasteiger partial charge in [-0.2, -0.15) is 5.10 Å². The molecule has 1 fully saturated rings. The molecular formula is C22H33N5O. The highest BCUT2D eigenvalue weighted by atomic mass is 16.2. The summed E-state index contributed by atoms with van der Waals surface area (Å²) in [6.45, 7) is 7.71. The van der Waals surface area contributed by atoms with E-state index in [1.165, 1.54) is 0 Å². The van der Waals surface area contributed by atoms with Crippen LogP contribution in [0.3, 0.4) is 0 Å². The fourth-order valence-electron chi connectivity index (χ4n) is 3.54. The SMILES string of the molecule is CCCNC(=O)N(Cc1c(C(C)C)nn(-c2ccccc2)c1N(C)C)C1CC1. The largest absolute Gasteiger partial charge is 0.362 e. The van der Waals surface area contributed by atoms with E-state index in [0.717, 1.165) is 42.0 Å². The van der Waals surface area contributed by atoms with Crippen LogP contribution in [0, 0.1) is 0 Å². The summed E-state index contributed by atoms with van der Waals surface area (Å²) in [4.78, 5) is 16.9. The third kappa shape index (κ3) is 4.32. The molecule has 0 aliphatic heterocycles. The molecule has 0 radical (unpaired) electrons. The van der Waals surface area contributed by atoms with Gasteiger partial charge >= 0.3 is 6.03 Å². The van der Waals surface area contributed by atoms with Crippen LogP contribution in [0.4, 0.5) is 10.6 Å². The van der Waals surface area contributed by atoms with Crippen LogP contribution in [-0.2, 0) is 6.54 Å². The zero-order valence-corrected chi connectivity index (χ0v) is 17.8. The molecule has 0 saturated heterocycles. The van der Waals surface area contributed by atoms with Gasteiger partial charge in [0.25, 0.3) is 0 Å². The maximum absolute atomic E-state index is 12.8. The van der Waals surface area contributed by atoms with E-state index in [4.69, 9.17) is 5.10 Å². The lowest BCUT2D eigenvalue weighted by atomic mass is 10.0. The standard InChI is InChI=1S/C22H33N5O/c1-6-14-23-22(28)26(17-12-13-17)15-19-20(16(2)3)24-27(21(19)25(4)5)18-10-8-7-9-11-18/h7-11,16-17H,6,12-15H2,1-5H3,(H,23,28). The summed E-state index contributed by atoms with van der Waals surface area (Å²) in [5.74, 6) is 1.32. The lowest BCUT2D eigenvalue weighted by Gasteiger charge is -2.25. The van der Waals surface area contributed by atoms with Crippen molar-refractivity contribution in [3.63, 3.8) is 0 Å². The number of anilines is 1. The number of hydrogen-bond donors (Lipinski definition) is 1. The van der Waals surface area contributed by atoms with Gasteiger partial charge < -0.3 is 15.1 Å². The van der Waals surface area contributed by atoms with E-state index in [-0.39, 0.29) is 11.9 Å². The second kappa shape index (κ2) is 8.67. The van der Waals surface area contributed by atoms with Crippen LogP contribution in [0.1, 0.15) is 57.2 Å². The van der Waals surface area contributed by atoms with Gasteiger partial charge in [-0.05, 0) is 37.3 Å². The van der Waals surface area contributed by atoms with Crippen molar-refractivity contribution in [2.45, 2.75) is 58.5 Å². The minimum absolute atomic E-state index is 0.0382. The van der Waals surface area contributed by atoms with Crippen LogP contribution in [0.25, 0.3) is 5.69 Å². The van der Waals surface area contributed by atoms with Gasteiger partial charge in [-0.3, -0.25) is 0 Å². The monoisotopic (exact) mass is 383 g/mol. The van der Waals surface area contributed by atoms with Gasteiger partial charge in [0.05, 0.1) is 17.9 Å². The third-order valence-corrected chi connectivity index (χ3v) is 5.06. The van der Waals surface area contributed by atoms with Gasteiger partial charge in [0.15, 0.2) is 0 Å². The Hall–Kier alpha value is -2.50. The molecule has 1 aromatic carbocycles. The molecule has 1 heterocycles. The maximum Gasteiger partial charge on any atom is 0.317 e. The van der Waals surface area contributed by atoms with Crippen molar-refractivity contribution in [1.29, 1.82) is 0 Å². The van der Waals surface area contributed by atoms with Crippen LogP contribution < -0.4 is 10.2 Å². The molecule has 0 unspecified atom stereocenters. The number of rotatable bonds is 8. The normalized spacial score (nSPS) is 13.6. The summed E-state index contributed by atoms with van der Waals surface area (Å²) >= 11 is 0. The molecule has 1 aliphatic carbocycles. The molecule has 2 aromatic rings. The summed E-state index contributed by atoms with van der Waals surface area (Å²) in [7, 11) is 4.09. The number of amides is 2. The molecule has 0 bridgehead atoms. The van der Waals surface area contributed by atoms with Gasteiger partial charge in [-0.25, -0.2) is 9.48 Å². The molecule has 1 N–H and O–H groups in total. The van der Waals surface area contributed by atoms with E-state index >= 15 is 0 Å². The summed E-state index contributed by atoms with van der Waals surface area (Å²) in [5.41, 5.74) is 3.23. The Balaban J connectivity index is 2.03. The first-order chi connectivity index (χ1) is 13.4. The van der Waals surface area contributed by atoms with Gasteiger partial charge in [-0.15, -0.1) is 0 Å². The zero-order valence-electron chi connectivity index (χ0n) is 17.8. The maximum atomic E-state index is 12.8. The van der Waals surface area contributed by atoms with Crippen molar-refractivity contribution in [3.8, 4) is 5.69 Å². The molecule has 152 valence electrons. The highest BCUT2D eigenvalue weighted by Gasteiger charge is 2.35. The summed E-state index contributed by atoms with van der Waals surface area (Å²) < 4.78 is 2.01. The number of carbonyl (C=O) groups excluding carboxylic acids is 1. The van der Waals surface area contributed by atoms with E-state index in [9.17, 15) is 4.79 Å². The Kier molecular flexibility index (Phi) is 6.27. The topological polar surface area (TPSA) is 53.4 Å². The first kappa shape index (κ1) is 20.2. The first-order valence-electron chi connectivity index (χ1n) is 10.3. The number of aromatic nitrogens is 2.